The third-order valence-electron chi connectivity index (χ3n) is 4.48. The van der Waals surface area contributed by atoms with Gasteiger partial charge in [-0.2, -0.15) is 0 Å². The van der Waals surface area contributed by atoms with Crippen molar-refractivity contribution in [3.8, 4) is 0 Å². The number of carbonyl (C=O) groups is 1. The van der Waals surface area contributed by atoms with Crippen molar-refractivity contribution in [2.24, 2.45) is 7.05 Å². The van der Waals surface area contributed by atoms with Crippen molar-refractivity contribution >= 4 is 17.0 Å². The number of fused-ring (bicyclic) bond motifs is 1. The molecule has 0 aliphatic carbocycles. The Morgan fingerprint density at radius 2 is 2.24 bits per heavy atom. The van der Waals surface area contributed by atoms with Gasteiger partial charge in [0.25, 0.3) is 0 Å². The number of ether oxygens (including phenoxy) is 2. The van der Waals surface area contributed by atoms with E-state index in [9.17, 15) is 4.79 Å². The highest BCUT2D eigenvalue weighted by atomic mass is 16.5. The lowest BCUT2D eigenvalue weighted by atomic mass is 10.1. The van der Waals surface area contributed by atoms with Crippen LogP contribution in [-0.2, 0) is 16.5 Å². The van der Waals surface area contributed by atoms with Crippen LogP contribution in [0.15, 0.2) is 35.1 Å². The van der Waals surface area contributed by atoms with Crippen molar-refractivity contribution in [2.75, 3.05) is 6.61 Å². The summed E-state index contributed by atoms with van der Waals surface area (Å²) in [6.45, 7) is 2.46. The molecule has 1 aliphatic heterocycles. The van der Waals surface area contributed by atoms with Crippen LogP contribution in [0.3, 0.4) is 0 Å². The van der Waals surface area contributed by atoms with Crippen molar-refractivity contribution in [1.29, 1.82) is 0 Å². The average molecular weight is 341 g/mol. The minimum Gasteiger partial charge on any atom is -0.450 e. The molecule has 0 unspecified atom stereocenters. The van der Waals surface area contributed by atoms with Gasteiger partial charge in [-0.3, -0.25) is 0 Å². The molecule has 0 spiro atoms. The summed E-state index contributed by atoms with van der Waals surface area (Å²) in [6, 6.07) is 7.79. The van der Waals surface area contributed by atoms with Gasteiger partial charge in [-0.05, 0) is 31.9 Å². The van der Waals surface area contributed by atoms with E-state index < -0.39 is 12.1 Å². The Morgan fingerprint density at radius 3 is 3.00 bits per heavy atom. The lowest BCUT2D eigenvalue weighted by Crippen LogP contribution is -2.15. The Labute approximate surface area is 144 Å². The van der Waals surface area contributed by atoms with E-state index in [1.165, 1.54) is 6.39 Å². The summed E-state index contributed by atoms with van der Waals surface area (Å²) in [4.78, 5) is 21.1. The van der Waals surface area contributed by atoms with E-state index in [0.717, 1.165) is 23.9 Å². The van der Waals surface area contributed by atoms with Crippen molar-refractivity contribution in [2.45, 2.75) is 32.0 Å². The fourth-order valence-corrected chi connectivity index (χ4v) is 3.22. The molecule has 2 aromatic heterocycles. The number of benzene rings is 1. The largest absolute Gasteiger partial charge is 0.450 e. The smallest absolute Gasteiger partial charge is 0.361 e. The molecule has 7 nitrogen and oxygen atoms in total. The minimum absolute atomic E-state index is 0.178. The van der Waals surface area contributed by atoms with Gasteiger partial charge in [-0.15, -0.1) is 0 Å². The predicted octanol–water partition coefficient (Wildman–Crippen LogP) is 3.33. The summed E-state index contributed by atoms with van der Waals surface area (Å²) in [6.07, 6.45) is 2.27. The molecule has 0 radical (unpaired) electrons. The zero-order chi connectivity index (χ0) is 17.4. The van der Waals surface area contributed by atoms with Crippen LogP contribution in [0, 0.1) is 0 Å². The molecular weight excluding hydrogens is 322 g/mol. The summed E-state index contributed by atoms with van der Waals surface area (Å²) < 4.78 is 18.5. The standard InChI is InChI=1S/C18H19N3O4/c1-11(17-20-12-6-3-4-7-13(12)21(17)2)25-18(22)15-16(24-10-19-15)14-8-5-9-23-14/h3-4,6-7,10-11,14H,5,8-9H2,1-2H3/t11-,14+/m0/s1. The van der Waals surface area contributed by atoms with Gasteiger partial charge in [-0.25, -0.2) is 14.8 Å². The molecule has 1 aromatic carbocycles. The number of hydrogen-bond acceptors (Lipinski definition) is 6. The molecule has 4 rings (SSSR count). The van der Waals surface area contributed by atoms with Crippen molar-refractivity contribution < 1.29 is 18.7 Å². The van der Waals surface area contributed by atoms with E-state index in [-0.39, 0.29) is 11.8 Å². The van der Waals surface area contributed by atoms with Crippen LogP contribution in [0.4, 0.5) is 0 Å². The van der Waals surface area contributed by atoms with Crippen LogP contribution in [0.25, 0.3) is 11.0 Å². The third-order valence-corrected chi connectivity index (χ3v) is 4.48. The molecular formula is C18H19N3O4. The summed E-state index contributed by atoms with van der Waals surface area (Å²) >= 11 is 0. The average Bonchev–Trinajstić information content (AvgIpc) is 3.34. The molecule has 1 saturated heterocycles. The zero-order valence-electron chi connectivity index (χ0n) is 14.1. The lowest BCUT2D eigenvalue weighted by Gasteiger charge is -2.13. The molecule has 7 heteroatoms. The molecule has 0 amide bonds. The number of para-hydroxylation sites is 2. The van der Waals surface area contributed by atoms with E-state index in [1.807, 2.05) is 35.9 Å². The lowest BCUT2D eigenvalue weighted by molar-refractivity contribution is 0.0294. The topological polar surface area (TPSA) is 79.4 Å². The van der Waals surface area contributed by atoms with Gasteiger partial charge < -0.3 is 18.5 Å². The zero-order valence-corrected chi connectivity index (χ0v) is 14.1. The van der Waals surface area contributed by atoms with Gasteiger partial charge in [0.1, 0.15) is 6.10 Å². The Bertz CT molecular complexity index is 908. The second-order valence-electron chi connectivity index (χ2n) is 6.13. The summed E-state index contributed by atoms with van der Waals surface area (Å²) in [5.41, 5.74) is 2.03. The van der Waals surface area contributed by atoms with Crippen LogP contribution in [0.5, 0.6) is 0 Å². The second-order valence-corrected chi connectivity index (χ2v) is 6.13. The first kappa shape index (κ1) is 15.8. The van der Waals surface area contributed by atoms with E-state index in [4.69, 9.17) is 13.9 Å². The van der Waals surface area contributed by atoms with Crippen LogP contribution >= 0.6 is 0 Å². The minimum atomic E-state index is -0.529. The first-order valence-electron chi connectivity index (χ1n) is 8.32. The number of esters is 1. The number of imidazole rings is 1. The molecule has 2 atom stereocenters. The quantitative estimate of drug-likeness (QED) is 0.677. The Balaban J connectivity index is 1.56. The van der Waals surface area contributed by atoms with Gasteiger partial charge in [-0.1, -0.05) is 12.1 Å². The fourth-order valence-electron chi connectivity index (χ4n) is 3.22. The van der Waals surface area contributed by atoms with Gasteiger partial charge in [0, 0.05) is 13.7 Å². The first-order valence-corrected chi connectivity index (χ1v) is 8.32. The van der Waals surface area contributed by atoms with Gasteiger partial charge in [0.2, 0.25) is 0 Å². The number of aromatic nitrogens is 3. The molecule has 3 aromatic rings. The number of carbonyl (C=O) groups excluding carboxylic acids is 1. The maximum Gasteiger partial charge on any atom is 0.361 e. The SMILES string of the molecule is C[C@H](OC(=O)c1ncoc1[C@H]1CCCO1)c1nc2ccccc2n1C. The molecule has 0 N–H and O–H groups in total. The number of aryl methyl sites for hydroxylation is 1. The molecule has 3 heterocycles. The summed E-state index contributed by atoms with van der Waals surface area (Å²) in [5, 5.41) is 0. The molecule has 0 saturated carbocycles. The molecule has 1 aliphatic rings. The van der Waals surface area contributed by atoms with E-state index in [0.29, 0.717) is 18.2 Å². The third kappa shape index (κ3) is 2.80. The molecule has 0 bridgehead atoms. The maximum atomic E-state index is 12.6. The van der Waals surface area contributed by atoms with Crippen molar-refractivity contribution in [3.63, 3.8) is 0 Å². The Morgan fingerprint density at radius 1 is 1.40 bits per heavy atom. The number of rotatable bonds is 4. The van der Waals surface area contributed by atoms with E-state index in [1.54, 1.807) is 6.92 Å². The molecule has 25 heavy (non-hydrogen) atoms. The highest BCUT2D eigenvalue weighted by molar-refractivity contribution is 5.88. The number of oxazole rings is 1. The summed E-state index contributed by atoms with van der Waals surface area (Å²) in [5.74, 6) is 0.593. The molecule has 130 valence electrons. The van der Waals surface area contributed by atoms with Crippen molar-refractivity contribution in [1.82, 2.24) is 14.5 Å². The summed E-state index contributed by atoms with van der Waals surface area (Å²) in [7, 11) is 1.91. The highest BCUT2D eigenvalue weighted by Crippen LogP contribution is 2.31. The normalized spacial score (nSPS) is 18.6. The van der Waals surface area contributed by atoms with Crippen LogP contribution in [0.1, 0.15) is 54.0 Å². The van der Waals surface area contributed by atoms with Crippen molar-refractivity contribution in [3.05, 3.63) is 47.9 Å². The predicted molar refractivity (Wildman–Crippen MR) is 89.0 cm³/mol. The first-order chi connectivity index (χ1) is 12.1. The maximum absolute atomic E-state index is 12.6. The second kappa shape index (κ2) is 6.33. The Hall–Kier alpha value is -2.67. The fraction of sp³-hybridized carbons (Fsp3) is 0.389. The monoisotopic (exact) mass is 341 g/mol. The van der Waals surface area contributed by atoms with Gasteiger partial charge >= 0.3 is 5.97 Å². The molecule has 1 fully saturated rings. The van der Waals surface area contributed by atoms with E-state index >= 15 is 0 Å². The van der Waals surface area contributed by atoms with Gasteiger partial charge in [0.15, 0.2) is 29.8 Å². The van der Waals surface area contributed by atoms with Crippen LogP contribution in [0.2, 0.25) is 0 Å². The van der Waals surface area contributed by atoms with Gasteiger partial charge in [0.05, 0.1) is 11.0 Å². The number of nitrogens with zero attached hydrogens (tertiary/aromatic N) is 3. The number of hydrogen-bond donors (Lipinski definition) is 0. The highest BCUT2D eigenvalue weighted by Gasteiger charge is 2.30. The Kier molecular flexibility index (Phi) is 4.01. The van der Waals surface area contributed by atoms with Crippen LogP contribution < -0.4 is 0 Å². The van der Waals surface area contributed by atoms with E-state index in [2.05, 4.69) is 9.97 Å². The van der Waals surface area contributed by atoms with Crippen LogP contribution in [-0.4, -0.2) is 27.1 Å².